The van der Waals surface area contributed by atoms with E-state index < -0.39 is 44.3 Å². The van der Waals surface area contributed by atoms with Gasteiger partial charge in [0.1, 0.15) is 9.84 Å². The number of sulfone groups is 1. The molecule has 0 aliphatic rings. The number of hydrogen-bond acceptors (Lipinski definition) is 4. The van der Waals surface area contributed by atoms with E-state index in [-0.39, 0.29) is 11.9 Å². The lowest BCUT2D eigenvalue weighted by atomic mass is 10.6. The molecule has 0 aliphatic carbocycles. The first-order valence-electron chi connectivity index (χ1n) is 4.58. The van der Waals surface area contributed by atoms with Gasteiger partial charge in [0.2, 0.25) is 10.0 Å². The lowest BCUT2D eigenvalue weighted by molar-refractivity contribution is 0.121. The van der Waals surface area contributed by atoms with Gasteiger partial charge in [0, 0.05) is 18.1 Å². The van der Waals surface area contributed by atoms with E-state index in [4.69, 9.17) is 0 Å². The molecule has 0 aromatic heterocycles. The highest BCUT2D eigenvalue weighted by atomic mass is 79.9. The average molecular weight is 358 g/mol. The quantitative estimate of drug-likeness (QED) is 0.586. The summed E-state index contributed by atoms with van der Waals surface area (Å²) in [5.74, 6) is -1.25. The molecule has 0 aliphatic heterocycles. The van der Waals surface area contributed by atoms with Crippen molar-refractivity contribution in [1.82, 2.24) is 4.31 Å². The molecule has 0 heterocycles. The summed E-state index contributed by atoms with van der Waals surface area (Å²) in [6.45, 7) is -1.03. The Balaban J connectivity index is 4.72. The maximum absolute atomic E-state index is 12.2. The summed E-state index contributed by atoms with van der Waals surface area (Å²) in [4.78, 5) is 0. The Kier molecular flexibility index (Phi) is 7.04. The third-order valence-electron chi connectivity index (χ3n) is 1.78. The van der Waals surface area contributed by atoms with Crippen molar-refractivity contribution in [2.24, 2.45) is 0 Å². The van der Waals surface area contributed by atoms with E-state index >= 15 is 0 Å². The number of alkyl halides is 3. The van der Waals surface area contributed by atoms with Crippen molar-refractivity contribution in [2.75, 3.05) is 36.2 Å². The summed E-state index contributed by atoms with van der Waals surface area (Å²) in [6, 6.07) is 0. The van der Waals surface area contributed by atoms with Crippen LogP contribution in [0.25, 0.3) is 0 Å². The van der Waals surface area contributed by atoms with Crippen LogP contribution in [-0.2, 0) is 19.9 Å². The molecule has 0 bridgehead atoms. The molecule has 10 heteroatoms. The maximum Gasteiger partial charge on any atom is 0.252 e. The molecule has 0 saturated heterocycles. The molecule has 17 heavy (non-hydrogen) atoms. The summed E-state index contributed by atoms with van der Waals surface area (Å²) in [6.07, 6.45) is -1.90. The van der Waals surface area contributed by atoms with E-state index in [1.807, 2.05) is 0 Å². The monoisotopic (exact) mass is 357 g/mol. The Morgan fingerprint density at radius 1 is 1.18 bits per heavy atom. The fourth-order valence-electron chi connectivity index (χ4n) is 0.978. The van der Waals surface area contributed by atoms with Gasteiger partial charge < -0.3 is 0 Å². The predicted octanol–water partition coefficient (Wildman–Crippen LogP) is 0.323. The SMILES string of the molecule is CS(=O)(=O)CCS(=O)(=O)N(CCBr)CC(F)F. The molecular formula is C7H14BrF2NO4S2. The average Bonchev–Trinajstić information content (AvgIpc) is 2.13. The van der Waals surface area contributed by atoms with Crippen LogP contribution in [-0.4, -0.2) is 63.7 Å². The van der Waals surface area contributed by atoms with Gasteiger partial charge in [-0.3, -0.25) is 0 Å². The fourth-order valence-corrected chi connectivity index (χ4v) is 4.66. The minimum atomic E-state index is -3.97. The predicted molar refractivity (Wildman–Crippen MR) is 64.9 cm³/mol. The van der Waals surface area contributed by atoms with Gasteiger partial charge in [-0.05, 0) is 0 Å². The van der Waals surface area contributed by atoms with Crippen LogP contribution >= 0.6 is 15.9 Å². The van der Waals surface area contributed by atoms with Crippen molar-refractivity contribution < 1.29 is 25.6 Å². The molecule has 0 N–H and O–H groups in total. The van der Waals surface area contributed by atoms with E-state index in [1.165, 1.54) is 0 Å². The number of nitrogens with zero attached hydrogens (tertiary/aromatic N) is 1. The van der Waals surface area contributed by atoms with Crippen LogP contribution in [0.15, 0.2) is 0 Å². The molecule has 0 unspecified atom stereocenters. The topological polar surface area (TPSA) is 71.5 Å². The molecular weight excluding hydrogens is 344 g/mol. The normalized spacial score (nSPS) is 13.5. The standard InChI is InChI=1S/C7H14BrF2NO4S2/c1-16(12,13)4-5-17(14,15)11(3-2-8)6-7(9)10/h7H,2-6H2,1H3. The van der Waals surface area contributed by atoms with E-state index in [0.29, 0.717) is 4.31 Å². The lowest BCUT2D eigenvalue weighted by Gasteiger charge is -2.20. The van der Waals surface area contributed by atoms with Crippen LogP contribution in [0.3, 0.4) is 0 Å². The first kappa shape index (κ1) is 17.2. The fraction of sp³-hybridized carbons (Fsp3) is 1.00. The second kappa shape index (κ2) is 6.95. The highest BCUT2D eigenvalue weighted by molar-refractivity contribution is 9.09. The van der Waals surface area contributed by atoms with Crippen molar-refractivity contribution in [3.8, 4) is 0 Å². The van der Waals surface area contributed by atoms with Crippen LogP contribution in [0.5, 0.6) is 0 Å². The molecule has 104 valence electrons. The van der Waals surface area contributed by atoms with Gasteiger partial charge in [-0.15, -0.1) is 0 Å². The van der Waals surface area contributed by atoms with E-state index in [9.17, 15) is 25.6 Å². The maximum atomic E-state index is 12.2. The highest BCUT2D eigenvalue weighted by Crippen LogP contribution is 2.07. The molecule has 0 saturated carbocycles. The molecule has 0 aromatic carbocycles. The minimum absolute atomic E-state index is 0.115. The zero-order valence-electron chi connectivity index (χ0n) is 9.14. The molecule has 0 rings (SSSR count). The zero-order chi connectivity index (χ0) is 13.7. The van der Waals surface area contributed by atoms with Gasteiger partial charge in [0.15, 0.2) is 0 Å². The summed E-state index contributed by atoms with van der Waals surface area (Å²) in [5, 5.41) is 0.206. The summed E-state index contributed by atoms with van der Waals surface area (Å²) < 4.78 is 69.8. The number of halogens is 3. The number of sulfonamides is 1. The van der Waals surface area contributed by atoms with Crippen LogP contribution in [0.1, 0.15) is 0 Å². The minimum Gasteiger partial charge on any atom is -0.229 e. The third-order valence-corrected chi connectivity index (χ3v) is 5.18. The molecule has 0 spiro atoms. The molecule has 5 nitrogen and oxygen atoms in total. The van der Waals surface area contributed by atoms with Crippen LogP contribution < -0.4 is 0 Å². The van der Waals surface area contributed by atoms with Crippen molar-refractivity contribution in [3.63, 3.8) is 0 Å². The van der Waals surface area contributed by atoms with Crippen molar-refractivity contribution in [2.45, 2.75) is 6.43 Å². The first-order valence-corrected chi connectivity index (χ1v) is 9.37. The summed E-state index contributed by atoms with van der Waals surface area (Å²) in [7, 11) is -7.41. The van der Waals surface area contributed by atoms with Crippen molar-refractivity contribution >= 4 is 35.8 Å². The van der Waals surface area contributed by atoms with Crippen molar-refractivity contribution in [3.05, 3.63) is 0 Å². The van der Waals surface area contributed by atoms with Crippen LogP contribution in [0, 0.1) is 0 Å². The Bertz CT molecular complexity index is 423. The number of hydrogen-bond donors (Lipinski definition) is 0. The molecule has 0 aromatic rings. The Morgan fingerprint density at radius 2 is 1.71 bits per heavy atom. The molecule has 0 radical (unpaired) electrons. The van der Waals surface area contributed by atoms with Crippen LogP contribution in [0.2, 0.25) is 0 Å². The van der Waals surface area contributed by atoms with Gasteiger partial charge in [-0.1, -0.05) is 15.9 Å². The van der Waals surface area contributed by atoms with Crippen LogP contribution in [0.4, 0.5) is 8.78 Å². The lowest BCUT2D eigenvalue weighted by Crippen LogP contribution is -2.39. The third kappa shape index (κ3) is 8.01. The molecule has 0 fully saturated rings. The van der Waals surface area contributed by atoms with E-state index in [0.717, 1.165) is 6.26 Å². The second-order valence-electron chi connectivity index (χ2n) is 3.38. The Labute approximate surface area is 108 Å². The second-order valence-corrected chi connectivity index (χ2v) is 8.53. The zero-order valence-corrected chi connectivity index (χ0v) is 12.4. The van der Waals surface area contributed by atoms with Gasteiger partial charge in [-0.25, -0.2) is 25.6 Å². The molecule has 0 amide bonds. The van der Waals surface area contributed by atoms with Gasteiger partial charge in [0.25, 0.3) is 6.43 Å². The van der Waals surface area contributed by atoms with Gasteiger partial charge in [0.05, 0.1) is 18.1 Å². The Hall–Kier alpha value is 0.200. The Morgan fingerprint density at radius 3 is 2.06 bits per heavy atom. The van der Waals surface area contributed by atoms with Gasteiger partial charge in [-0.2, -0.15) is 4.31 Å². The summed E-state index contributed by atoms with van der Waals surface area (Å²) >= 11 is 2.95. The number of rotatable bonds is 8. The van der Waals surface area contributed by atoms with Crippen molar-refractivity contribution in [1.29, 1.82) is 0 Å². The van der Waals surface area contributed by atoms with E-state index in [2.05, 4.69) is 15.9 Å². The largest absolute Gasteiger partial charge is 0.252 e. The first-order chi connectivity index (χ1) is 7.58. The molecule has 0 atom stereocenters. The van der Waals surface area contributed by atoms with E-state index in [1.54, 1.807) is 0 Å². The summed E-state index contributed by atoms with van der Waals surface area (Å²) in [5.41, 5.74) is 0. The highest BCUT2D eigenvalue weighted by Gasteiger charge is 2.25. The smallest absolute Gasteiger partial charge is 0.229 e. The van der Waals surface area contributed by atoms with Gasteiger partial charge >= 0.3 is 0 Å².